The number of carbonyl (C=O) groups excluding carboxylic acids is 1. The Balaban J connectivity index is 3.22. The Labute approximate surface area is 94.2 Å². The SMILES string of the molecule is COC(=O)c1cc(B(O)O)c(C(C)C)cn1. The second kappa shape index (κ2) is 5.09. The van der Waals surface area contributed by atoms with Gasteiger partial charge in [-0.05, 0) is 23.0 Å². The average Bonchev–Trinajstić information content (AvgIpc) is 2.26. The Morgan fingerprint density at radius 1 is 1.50 bits per heavy atom. The van der Waals surface area contributed by atoms with Crippen LogP contribution in [0.15, 0.2) is 12.3 Å². The zero-order valence-electron chi connectivity index (χ0n) is 9.47. The number of pyridine rings is 1. The zero-order chi connectivity index (χ0) is 12.3. The highest BCUT2D eigenvalue weighted by atomic mass is 16.5. The first kappa shape index (κ1) is 12.7. The van der Waals surface area contributed by atoms with Gasteiger partial charge in [0.05, 0.1) is 7.11 Å². The summed E-state index contributed by atoms with van der Waals surface area (Å²) >= 11 is 0. The van der Waals surface area contributed by atoms with Crippen LogP contribution in [0.3, 0.4) is 0 Å². The van der Waals surface area contributed by atoms with E-state index < -0.39 is 13.1 Å². The molecule has 0 amide bonds. The molecule has 2 N–H and O–H groups in total. The molecule has 0 atom stereocenters. The summed E-state index contributed by atoms with van der Waals surface area (Å²) in [7, 11) is -0.376. The van der Waals surface area contributed by atoms with E-state index in [1.165, 1.54) is 19.4 Å². The van der Waals surface area contributed by atoms with E-state index in [1.807, 2.05) is 13.8 Å². The number of methoxy groups -OCH3 is 1. The van der Waals surface area contributed by atoms with Crippen LogP contribution in [0, 0.1) is 0 Å². The van der Waals surface area contributed by atoms with Crippen LogP contribution in [0.2, 0.25) is 0 Å². The number of nitrogens with zero attached hydrogens (tertiary/aromatic N) is 1. The van der Waals surface area contributed by atoms with E-state index in [1.54, 1.807) is 0 Å². The maximum atomic E-state index is 11.2. The van der Waals surface area contributed by atoms with Gasteiger partial charge in [0.15, 0.2) is 0 Å². The minimum Gasteiger partial charge on any atom is -0.464 e. The van der Waals surface area contributed by atoms with E-state index in [2.05, 4.69) is 9.72 Å². The van der Waals surface area contributed by atoms with E-state index in [4.69, 9.17) is 0 Å². The molecule has 16 heavy (non-hydrogen) atoms. The smallest absolute Gasteiger partial charge is 0.464 e. The molecule has 86 valence electrons. The van der Waals surface area contributed by atoms with Crippen molar-refractivity contribution in [2.75, 3.05) is 7.11 Å². The molecule has 0 aliphatic heterocycles. The van der Waals surface area contributed by atoms with Crippen molar-refractivity contribution in [1.29, 1.82) is 0 Å². The maximum absolute atomic E-state index is 11.2. The van der Waals surface area contributed by atoms with Gasteiger partial charge in [0.25, 0.3) is 0 Å². The second-order valence-electron chi connectivity index (χ2n) is 3.72. The summed E-state index contributed by atoms with van der Waals surface area (Å²) in [6, 6.07) is 1.34. The predicted molar refractivity (Wildman–Crippen MR) is 59.5 cm³/mol. The van der Waals surface area contributed by atoms with Gasteiger partial charge >= 0.3 is 13.1 Å². The molecule has 0 aliphatic rings. The van der Waals surface area contributed by atoms with Gasteiger partial charge in [0, 0.05) is 6.20 Å². The number of rotatable bonds is 3. The first-order valence-electron chi connectivity index (χ1n) is 4.91. The lowest BCUT2D eigenvalue weighted by Gasteiger charge is -2.12. The number of carbonyl (C=O) groups is 1. The van der Waals surface area contributed by atoms with E-state index in [9.17, 15) is 14.8 Å². The molecule has 0 fully saturated rings. The minimum atomic E-state index is -1.62. The van der Waals surface area contributed by atoms with Gasteiger partial charge in [-0.2, -0.15) is 0 Å². The fraction of sp³-hybridized carbons (Fsp3) is 0.400. The van der Waals surface area contributed by atoms with Gasteiger partial charge in [-0.15, -0.1) is 0 Å². The van der Waals surface area contributed by atoms with Crippen LogP contribution in [0.4, 0.5) is 0 Å². The van der Waals surface area contributed by atoms with Crippen molar-refractivity contribution < 1.29 is 19.6 Å². The molecule has 6 heteroatoms. The van der Waals surface area contributed by atoms with E-state index in [-0.39, 0.29) is 17.1 Å². The van der Waals surface area contributed by atoms with Gasteiger partial charge in [-0.25, -0.2) is 9.78 Å². The quantitative estimate of drug-likeness (QED) is 0.541. The van der Waals surface area contributed by atoms with Gasteiger partial charge in [-0.1, -0.05) is 13.8 Å². The van der Waals surface area contributed by atoms with Gasteiger partial charge in [0.2, 0.25) is 0 Å². The number of hydrogen-bond donors (Lipinski definition) is 2. The summed E-state index contributed by atoms with van der Waals surface area (Å²) < 4.78 is 4.51. The highest BCUT2D eigenvalue weighted by Gasteiger charge is 2.21. The minimum absolute atomic E-state index is 0.0648. The number of esters is 1. The molecule has 5 nitrogen and oxygen atoms in total. The second-order valence-corrected chi connectivity index (χ2v) is 3.72. The molecule has 0 saturated carbocycles. The van der Waals surface area contributed by atoms with Crippen LogP contribution in [-0.2, 0) is 4.74 Å². The molecule has 0 spiro atoms. The Kier molecular flexibility index (Phi) is 4.03. The van der Waals surface area contributed by atoms with Crippen molar-refractivity contribution >= 4 is 18.6 Å². The lowest BCUT2D eigenvalue weighted by Crippen LogP contribution is -2.34. The number of hydrogen-bond acceptors (Lipinski definition) is 5. The third-order valence-electron chi connectivity index (χ3n) is 2.26. The molecule has 0 aromatic carbocycles. The fourth-order valence-electron chi connectivity index (χ4n) is 1.40. The Morgan fingerprint density at radius 3 is 2.56 bits per heavy atom. The third-order valence-corrected chi connectivity index (χ3v) is 2.26. The van der Waals surface area contributed by atoms with Crippen LogP contribution < -0.4 is 5.46 Å². The molecule has 0 radical (unpaired) electrons. The molecule has 0 aliphatic carbocycles. The molecule has 1 rings (SSSR count). The Hall–Kier alpha value is -1.40. The van der Waals surface area contributed by atoms with E-state index in [0.717, 1.165) is 0 Å². The van der Waals surface area contributed by atoms with Crippen molar-refractivity contribution in [3.63, 3.8) is 0 Å². The highest BCUT2D eigenvalue weighted by Crippen LogP contribution is 2.11. The lowest BCUT2D eigenvalue weighted by atomic mass is 9.75. The van der Waals surface area contributed by atoms with Crippen LogP contribution >= 0.6 is 0 Å². The third kappa shape index (κ3) is 2.59. The van der Waals surface area contributed by atoms with Gasteiger partial charge < -0.3 is 14.8 Å². The summed E-state index contributed by atoms with van der Waals surface area (Å²) in [4.78, 5) is 15.1. The standard InChI is InChI=1S/C10H14BNO4/c1-6(2)7-5-12-9(10(13)16-3)4-8(7)11(14)15/h4-6,14-15H,1-3H3. The van der Waals surface area contributed by atoms with Crippen LogP contribution in [0.1, 0.15) is 35.8 Å². The summed E-state index contributed by atoms with van der Waals surface area (Å²) in [5, 5.41) is 18.4. The molecule has 0 bridgehead atoms. The molecule has 0 unspecified atom stereocenters. The lowest BCUT2D eigenvalue weighted by molar-refractivity contribution is 0.0594. The van der Waals surface area contributed by atoms with Crippen molar-refractivity contribution in [2.24, 2.45) is 0 Å². The maximum Gasteiger partial charge on any atom is 0.488 e. The van der Waals surface area contributed by atoms with Gasteiger partial charge in [0.1, 0.15) is 5.69 Å². The molecule has 1 heterocycles. The molecule has 1 aromatic rings. The monoisotopic (exact) mass is 223 g/mol. The Bertz CT molecular complexity index is 392. The first-order valence-corrected chi connectivity index (χ1v) is 4.91. The molecular formula is C10H14BNO4. The van der Waals surface area contributed by atoms with Gasteiger partial charge in [-0.3, -0.25) is 0 Å². The molecule has 1 aromatic heterocycles. The summed E-state index contributed by atoms with van der Waals surface area (Å²) in [6.07, 6.45) is 1.46. The van der Waals surface area contributed by atoms with Crippen molar-refractivity contribution in [1.82, 2.24) is 4.98 Å². The number of ether oxygens (including phenoxy) is 1. The summed E-state index contributed by atoms with van der Waals surface area (Å²) in [5.41, 5.74) is 1.04. The van der Waals surface area contributed by atoms with Crippen LogP contribution in [-0.4, -0.2) is 35.2 Å². The molecule has 0 saturated heterocycles. The predicted octanol–water partition coefficient (Wildman–Crippen LogP) is -0.329. The average molecular weight is 223 g/mol. The zero-order valence-corrected chi connectivity index (χ0v) is 9.47. The Morgan fingerprint density at radius 2 is 2.12 bits per heavy atom. The van der Waals surface area contributed by atoms with Crippen molar-refractivity contribution in [3.8, 4) is 0 Å². The first-order chi connectivity index (χ1) is 7.47. The number of aromatic nitrogens is 1. The van der Waals surface area contributed by atoms with Crippen molar-refractivity contribution in [3.05, 3.63) is 23.5 Å². The van der Waals surface area contributed by atoms with Crippen LogP contribution in [0.5, 0.6) is 0 Å². The normalized spacial score (nSPS) is 10.4. The van der Waals surface area contributed by atoms with E-state index in [0.29, 0.717) is 5.56 Å². The van der Waals surface area contributed by atoms with Crippen molar-refractivity contribution in [2.45, 2.75) is 19.8 Å². The largest absolute Gasteiger partial charge is 0.488 e. The topological polar surface area (TPSA) is 79.7 Å². The van der Waals surface area contributed by atoms with E-state index >= 15 is 0 Å². The summed E-state index contributed by atoms with van der Waals surface area (Å²) in [6.45, 7) is 3.81. The summed E-state index contributed by atoms with van der Waals surface area (Å²) in [5.74, 6) is -0.506. The van der Waals surface area contributed by atoms with Crippen LogP contribution in [0.25, 0.3) is 0 Å². The fourth-order valence-corrected chi connectivity index (χ4v) is 1.40. The molecular weight excluding hydrogens is 209 g/mol. The highest BCUT2D eigenvalue weighted by molar-refractivity contribution is 6.59.